The number of benzene rings is 3. The van der Waals surface area contributed by atoms with Crippen molar-refractivity contribution in [2.75, 3.05) is 5.73 Å². The van der Waals surface area contributed by atoms with E-state index in [0.29, 0.717) is 5.75 Å². The summed E-state index contributed by atoms with van der Waals surface area (Å²) in [6.07, 6.45) is 3.40. The van der Waals surface area contributed by atoms with Gasteiger partial charge in [-0.05, 0) is 82.2 Å². The Bertz CT molecular complexity index is 1070. The summed E-state index contributed by atoms with van der Waals surface area (Å²) in [4.78, 5) is 0. The number of hydrogen-bond acceptors (Lipinski definition) is 2. The minimum Gasteiger partial charge on any atom is -0.508 e. The number of aromatic hydroxyl groups is 1. The van der Waals surface area contributed by atoms with Gasteiger partial charge in [0.05, 0.1) is 0 Å². The molecule has 0 atom stereocenters. The molecule has 0 heterocycles. The Hall–Kier alpha value is -3.00. The zero-order valence-corrected chi connectivity index (χ0v) is 19.1. The zero-order valence-electron chi connectivity index (χ0n) is 19.1. The molecule has 1 saturated carbocycles. The third-order valence-corrected chi connectivity index (χ3v) is 6.27. The van der Waals surface area contributed by atoms with Crippen LogP contribution in [0, 0.1) is 10.8 Å². The predicted molar refractivity (Wildman–Crippen MR) is 132 cm³/mol. The molecule has 1 aliphatic rings. The third-order valence-electron chi connectivity index (χ3n) is 6.27. The topological polar surface area (TPSA) is 46.2 Å². The van der Waals surface area contributed by atoms with Crippen LogP contribution in [0.5, 0.6) is 5.75 Å². The summed E-state index contributed by atoms with van der Waals surface area (Å²) in [7, 11) is 0. The van der Waals surface area contributed by atoms with Gasteiger partial charge in [-0.1, -0.05) is 81.8 Å². The second-order valence-corrected chi connectivity index (χ2v) is 10.6. The number of phenolic OH excluding ortho intramolecular Hbond substituents is 1. The summed E-state index contributed by atoms with van der Waals surface area (Å²) >= 11 is 0. The Morgan fingerprint density at radius 1 is 0.677 bits per heavy atom. The number of phenols is 1. The molecule has 31 heavy (non-hydrogen) atoms. The van der Waals surface area contributed by atoms with Gasteiger partial charge in [0.25, 0.3) is 0 Å². The van der Waals surface area contributed by atoms with Crippen LogP contribution in [0.4, 0.5) is 5.69 Å². The largest absolute Gasteiger partial charge is 0.508 e. The van der Waals surface area contributed by atoms with E-state index in [2.05, 4.69) is 64.1 Å². The minimum atomic E-state index is 0.267. The van der Waals surface area contributed by atoms with E-state index in [1.54, 1.807) is 12.1 Å². The molecule has 3 aromatic carbocycles. The molecular formula is C29H33NO. The summed E-state index contributed by atoms with van der Waals surface area (Å²) in [5, 5.41) is 9.84. The summed E-state index contributed by atoms with van der Waals surface area (Å²) < 4.78 is 0. The van der Waals surface area contributed by atoms with Gasteiger partial charge in [-0.3, -0.25) is 0 Å². The summed E-state index contributed by atoms with van der Waals surface area (Å²) in [5.41, 5.74) is 14.7. The number of anilines is 1. The molecule has 0 radical (unpaired) electrons. The Morgan fingerprint density at radius 2 is 1.10 bits per heavy atom. The Labute approximate surface area is 186 Å². The van der Waals surface area contributed by atoms with Crippen LogP contribution in [-0.4, -0.2) is 5.11 Å². The van der Waals surface area contributed by atoms with Gasteiger partial charge in [0, 0.05) is 5.69 Å². The van der Waals surface area contributed by atoms with E-state index in [0.717, 1.165) is 18.5 Å². The Kier molecular flexibility index (Phi) is 5.43. The van der Waals surface area contributed by atoms with Crippen molar-refractivity contribution in [3.63, 3.8) is 0 Å². The summed E-state index contributed by atoms with van der Waals surface area (Å²) in [6.45, 7) is 9.53. The van der Waals surface area contributed by atoms with Crippen LogP contribution >= 0.6 is 0 Å². The second-order valence-electron chi connectivity index (χ2n) is 10.6. The molecule has 4 rings (SSSR count). The molecule has 0 aromatic heterocycles. The highest BCUT2D eigenvalue weighted by molar-refractivity contribution is 5.83. The molecule has 0 saturated heterocycles. The average molecular weight is 412 g/mol. The highest BCUT2D eigenvalue weighted by Gasteiger charge is 2.37. The van der Waals surface area contributed by atoms with Gasteiger partial charge >= 0.3 is 0 Å². The molecular weight excluding hydrogens is 378 g/mol. The second kappa shape index (κ2) is 7.92. The van der Waals surface area contributed by atoms with Crippen LogP contribution in [-0.2, 0) is 0 Å². The molecule has 3 N–H and O–H groups in total. The number of rotatable bonds is 3. The maximum atomic E-state index is 9.84. The molecule has 3 aromatic rings. The van der Waals surface area contributed by atoms with Crippen molar-refractivity contribution in [3.8, 4) is 16.9 Å². The maximum Gasteiger partial charge on any atom is 0.115 e. The molecule has 0 spiro atoms. The zero-order chi connectivity index (χ0) is 22.2. The molecule has 1 fully saturated rings. The minimum absolute atomic E-state index is 0.267. The van der Waals surface area contributed by atoms with Crippen molar-refractivity contribution in [1.29, 1.82) is 0 Å². The lowest BCUT2D eigenvalue weighted by molar-refractivity contribution is 0.154. The SMILES string of the molecule is CC1(C)CC(=C(c2ccc(O)cc2)c2ccc(-c3ccc(N)cc3)cc2)CC(C)(C)C1. The Balaban J connectivity index is 1.81. The first-order valence-electron chi connectivity index (χ1n) is 11.1. The fraction of sp³-hybridized carbons (Fsp3) is 0.310. The van der Waals surface area contributed by atoms with E-state index >= 15 is 0 Å². The highest BCUT2D eigenvalue weighted by Crippen LogP contribution is 2.51. The van der Waals surface area contributed by atoms with E-state index in [1.165, 1.54) is 39.8 Å². The van der Waals surface area contributed by atoms with Crippen LogP contribution in [0.2, 0.25) is 0 Å². The van der Waals surface area contributed by atoms with Gasteiger partial charge in [0.15, 0.2) is 0 Å². The van der Waals surface area contributed by atoms with Gasteiger partial charge in [-0.15, -0.1) is 0 Å². The fourth-order valence-electron chi connectivity index (χ4n) is 5.52. The van der Waals surface area contributed by atoms with Gasteiger partial charge in [-0.25, -0.2) is 0 Å². The fourth-order valence-corrected chi connectivity index (χ4v) is 5.52. The van der Waals surface area contributed by atoms with Crippen molar-refractivity contribution in [2.45, 2.75) is 47.0 Å². The normalized spacial score (nSPS) is 17.4. The van der Waals surface area contributed by atoms with Gasteiger partial charge in [0.1, 0.15) is 5.75 Å². The molecule has 0 bridgehead atoms. The third kappa shape index (κ3) is 4.85. The number of hydrogen-bond donors (Lipinski definition) is 2. The van der Waals surface area contributed by atoms with Gasteiger partial charge in [-0.2, -0.15) is 0 Å². The molecule has 0 unspecified atom stereocenters. The molecule has 2 nitrogen and oxygen atoms in total. The van der Waals surface area contributed by atoms with Crippen molar-refractivity contribution < 1.29 is 5.11 Å². The van der Waals surface area contributed by atoms with E-state index in [-0.39, 0.29) is 10.8 Å². The molecule has 0 aliphatic heterocycles. The van der Waals surface area contributed by atoms with E-state index in [4.69, 9.17) is 5.73 Å². The monoisotopic (exact) mass is 411 g/mol. The van der Waals surface area contributed by atoms with Crippen LogP contribution in [0.3, 0.4) is 0 Å². The van der Waals surface area contributed by atoms with E-state index in [1.807, 2.05) is 24.3 Å². The highest BCUT2D eigenvalue weighted by atomic mass is 16.3. The van der Waals surface area contributed by atoms with Gasteiger partial charge in [0.2, 0.25) is 0 Å². The maximum absolute atomic E-state index is 9.84. The van der Waals surface area contributed by atoms with Crippen LogP contribution in [0.1, 0.15) is 58.1 Å². The standard InChI is InChI=1S/C29H33NO/c1-28(2)17-24(18-29(3,4)19-28)27(23-11-15-26(31)16-12-23)22-7-5-20(6-8-22)21-9-13-25(30)14-10-21/h5-16,31H,17-19,30H2,1-4H3. The van der Waals surface area contributed by atoms with Gasteiger partial charge < -0.3 is 10.8 Å². The van der Waals surface area contributed by atoms with Crippen LogP contribution < -0.4 is 5.73 Å². The van der Waals surface area contributed by atoms with Crippen LogP contribution in [0.15, 0.2) is 78.4 Å². The quantitative estimate of drug-likeness (QED) is 0.434. The summed E-state index contributed by atoms with van der Waals surface area (Å²) in [5.74, 6) is 0.302. The van der Waals surface area contributed by atoms with Crippen molar-refractivity contribution in [3.05, 3.63) is 89.5 Å². The first kappa shape index (κ1) is 21.2. The van der Waals surface area contributed by atoms with E-state index < -0.39 is 0 Å². The average Bonchev–Trinajstić information content (AvgIpc) is 2.69. The molecule has 160 valence electrons. The van der Waals surface area contributed by atoms with Crippen molar-refractivity contribution >= 4 is 11.3 Å². The first-order valence-corrected chi connectivity index (χ1v) is 11.1. The van der Waals surface area contributed by atoms with Crippen LogP contribution in [0.25, 0.3) is 16.7 Å². The first-order chi connectivity index (χ1) is 14.6. The molecule has 1 aliphatic carbocycles. The smallest absolute Gasteiger partial charge is 0.115 e. The Morgan fingerprint density at radius 3 is 1.58 bits per heavy atom. The number of allylic oxidation sites excluding steroid dienone is 1. The lowest BCUT2D eigenvalue weighted by Crippen LogP contribution is -2.30. The number of nitrogen functional groups attached to an aromatic ring is 1. The lowest BCUT2D eigenvalue weighted by Gasteiger charge is -2.43. The van der Waals surface area contributed by atoms with E-state index in [9.17, 15) is 5.11 Å². The molecule has 0 amide bonds. The molecule has 2 heteroatoms. The van der Waals surface area contributed by atoms with Crippen molar-refractivity contribution in [1.82, 2.24) is 0 Å². The number of nitrogens with two attached hydrogens (primary N) is 1. The van der Waals surface area contributed by atoms with Crippen molar-refractivity contribution in [2.24, 2.45) is 10.8 Å². The summed E-state index contributed by atoms with van der Waals surface area (Å²) in [6, 6.07) is 24.5. The lowest BCUT2D eigenvalue weighted by atomic mass is 9.62. The predicted octanol–water partition coefficient (Wildman–Crippen LogP) is 7.68.